The number of ether oxygens (including phenoxy) is 1. The second-order valence-corrected chi connectivity index (χ2v) is 6.16. The number of halogens is 1. The summed E-state index contributed by atoms with van der Waals surface area (Å²) in [4.78, 5) is 24.2. The van der Waals surface area contributed by atoms with Gasteiger partial charge >= 0.3 is 5.97 Å². The van der Waals surface area contributed by atoms with E-state index < -0.39 is 5.97 Å². The van der Waals surface area contributed by atoms with Gasteiger partial charge in [-0.05, 0) is 34.0 Å². The number of nitrogens with one attached hydrogen (secondary N) is 1. The van der Waals surface area contributed by atoms with Crippen molar-refractivity contribution in [2.45, 2.75) is 13.3 Å². The molecule has 1 N–H and O–H groups in total. The minimum atomic E-state index is -0.461. The first-order valence-corrected chi connectivity index (χ1v) is 7.90. The molecule has 4 nitrogen and oxygen atoms in total. The maximum atomic E-state index is 12.2. The molecule has 0 saturated carbocycles. The van der Waals surface area contributed by atoms with Gasteiger partial charge in [0.05, 0.1) is 23.7 Å². The number of esters is 1. The maximum Gasteiger partial charge on any atom is 0.350 e. The number of benzene rings is 1. The van der Waals surface area contributed by atoms with Crippen LogP contribution in [0.2, 0.25) is 0 Å². The fourth-order valence-electron chi connectivity index (χ4n) is 1.86. The number of carbonyl (C=O) groups excluding carboxylic acids is 2. The highest BCUT2D eigenvalue weighted by molar-refractivity contribution is 9.10. The Labute approximate surface area is 135 Å². The van der Waals surface area contributed by atoms with Gasteiger partial charge in [0.2, 0.25) is 5.91 Å². The molecule has 0 bridgehead atoms. The van der Waals surface area contributed by atoms with Crippen LogP contribution in [0.1, 0.15) is 20.8 Å². The molecule has 21 heavy (non-hydrogen) atoms. The molecule has 0 spiro atoms. The Bertz CT molecular complexity index is 681. The first-order chi connectivity index (χ1) is 10.0. The van der Waals surface area contributed by atoms with E-state index in [9.17, 15) is 9.59 Å². The van der Waals surface area contributed by atoms with E-state index in [0.29, 0.717) is 15.0 Å². The van der Waals surface area contributed by atoms with Crippen LogP contribution in [-0.2, 0) is 16.0 Å². The Balaban J connectivity index is 2.15. The monoisotopic (exact) mass is 367 g/mol. The lowest BCUT2D eigenvalue weighted by Crippen LogP contribution is -2.16. The Morgan fingerprint density at radius 1 is 1.33 bits per heavy atom. The summed E-state index contributed by atoms with van der Waals surface area (Å²) in [5.41, 5.74) is 2.48. The van der Waals surface area contributed by atoms with Crippen molar-refractivity contribution in [2.75, 3.05) is 12.4 Å². The fraction of sp³-hybridized carbons (Fsp3) is 0.200. The molecule has 0 aliphatic heterocycles. The van der Waals surface area contributed by atoms with Gasteiger partial charge in [0.15, 0.2) is 0 Å². The van der Waals surface area contributed by atoms with Gasteiger partial charge in [0.25, 0.3) is 0 Å². The normalized spacial score (nSPS) is 10.2. The van der Waals surface area contributed by atoms with E-state index in [0.717, 1.165) is 11.1 Å². The third-order valence-electron chi connectivity index (χ3n) is 2.99. The largest absolute Gasteiger partial charge is 0.465 e. The van der Waals surface area contributed by atoms with Crippen molar-refractivity contribution in [1.82, 2.24) is 0 Å². The number of carbonyl (C=O) groups is 2. The number of methoxy groups -OCH3 is 1. The Morgan fingerprint density at radius 2 is 2.05 bits per heavy atom. The summed E-state index contributed by atoms with van der Waals surface area (Å²) in [5, 5.41) is 4.52. The van der Waals surface area contributed by atoms with Crippen LogP contribution in [0.4, 0.5) is 5.69 Å². The van der Waals surface area contributed by atoms with E-state index in [1.807, 2.05) is 31.2 Å². The zero-order valence-corrected chi connectivity index (χ0v) is 14.0. The van der Waals surface area contributed by atoms with Crippen LogP contribution in [0.3, 0.4) is 0 Å². The lowest BCUT2D eigenvalue weighted by atomic mass is 10.1. The third-order valence-corrected chi connectivity index (χ3v) is 4.88. The number of amides is 1. The molecule has 1 aromatic carbocycles. The summed E-state index contributed by atoms with van der Waals surface area (Å²) >= 11 is 4.56. The molecule has 1 amide bonds. The molecular weight excluding hydrogens is 354 g/mol. The molecule has 0 atom stereocenters. The summed E-state index contributed by atoms with van der Waals surface area (Å²) in [7, 11) is 1.31. The van der Waals surface area contributed by atoms with Crippen molar-refractivity contribution in [3.05, 3.63) is 50.1 Å². The highest BCUT2D eigenvalue weighted by atomic mass is 79.9. The summed E-state index contributed by atoms with van der Waals surface area (Å²) < 4.78 is 5.38. The molecule has 0 fully saturated rings. The SMILES string of the molecule is COC(=O)c1scc(Br)c1NC(=O)Cc1ccccc1C. The van der Waals surface area contributed by atoms with Crippen LogP contribution in [0, 0.1) is 6.92 Å². The molecule has 0 unspecified atom stereocenters. The molecule has 2 rings (SSSR count). The van der Waals surface area contributed by atoms with E-state index in [1.165, 1.54) is 18.4 Å². The highest BCUT2D eigenvalue weighted by Gasteiger charge is 2.19. The molecule has 6 heteroatoms. The van der Waals surface area contributed by atoms with Gasteiger partial charge in [-0.2, -0.15) is 0 Å². The van der Waals surface area contributed by atoms with Crippen LogP contribution in [0.25, 0.3) is 0 Å². The lowest BCUT2D eigenvalue weighted by Gasteiger charge is -2.08. The van der Waals surface area contributed by atoms with Crippen LogP contribution >= 0.6 is 27.3 Å². The third kappa shape index (κ3) is 3.71. The highest BCUT2D eigenvalue weighted by Crippen LogP contribution is 2.33. The Kier molecular flexibility index (Phi) is 5.14. The minimum Gasteiger partial charge on any atom is -0.465 e. The quantitative estimate of drug-likeness (QED) is 0.836. The van der Waals surface area contributed by atoms with E-state index in [1.54, 1.807) is 5.38 Å². The number of rotatable bonds is 4. The number of hydrogen-bond donors (Lipinski definition) is 1. The zero-order valence-electron chi connectivity index (χ0n) is 11.6. The van der Waals surface area contributed by atoms with Crippen molar-refractivity contribution >= 4 is 44.8 Å². The van der Waals surface area contributed by atoms with Gasteiger partial charge in [-0.15, -0.1) is 11.3 Å². The van der Waals surface area contributed by atoms with Crippen molar-refractivity contribution < 1.29 is 14.3 Å². The van der Waals surface area contributed by atoms with E-state index in [2.05, 4.69) is 21.2 Å². The van der Waals surface area contributed by atoms with Gasteiger partial charge in [0.1, 0.15) is 4.88 Å². The average molecular weight is 368 g/mol. The average Bonchev–Trinajstić information content (AvgIpc) is 2.82. The predicted molar refractivity (Wildman–Crippen MR) is 86.9 cm³/mol. The van der Waals surface area contributed by atoms with Crippen LogP contribution in [-0.4, -0.2) is 19.0 Å². The molecule has 0 saturated heterocycles. The molecular formula is C15H14BrNO3S. The fourth-order valence-corrected chi connectivity index (χ4v) is 3.37. The molecule has 0 aliphatic rings. The number of aryl methyl sites for hydroxylation is 1. The second kappa shape index (κ2) is 6.87. The molecule has 2 aromatic rings. The molecule has 1 aromatic heterocycles. The summed E-state index contributed by atoms with van der Waals surface area (Å²) in [6.45, 7) is 1.96. The van der Waals surface area contributed by atoms with Gasteiger partial charge in [-0.3, -0.25) is 4.79 Å². The first-order valence-electron chi connectivity index (χ1n) is 6.22. The van der Waals surface area contributed by atoms with Crippen molar-refractivity contribution in [2.24, 2.45) is 0 Å². The van der Waals surface area contributed by atoms with Gasteiger partial charge < -0.3 is 10.1 Å². The van der Waals surface area contributed by atoms with Gasteiger partial charge in [-0.1, -0.05) is 24.3 Å². The number of thiophene rings is 1. The standard InChI is InChI=1S/C15H14BrNO3S/c1-9-5-3-4-6-10(9)7-12(18)17-13-11(16)8-21-14(13)15(19)20-2/h3-6,8H,7H2,1-2H3,(H,17,18). The summed E-state index contributed by atoms with van der Waals surface area (Å²) in [6, 6.07) is 7.71. The number of anilines is 1. The Hall–Kier alpha value is -1.66. The van der Waals surface area contributed by atoms with E-state index in [-0.39, 0.29) is 12.3 Å². The van der Waals surface area contributed by atoms with Crippen LogP contribution < -0.4 is 5.32 Å². The van der Waals surface area contributed by atoms with Gasteiger partial charge in [-0.25, -0.2) is 4.79 Å². The first kappa shape index (κ1) is 15.7. The van der Waals surface area contributed by atoms with Crippen molar-refractivity contribution in [1.29, 1.82) is 0 Å². The topological polar surface area (TPSA) is 55.4 Å². The number of hydrogen-bond acceptors (Lipinski definition) is 4. The van der Waals surface area contributed by atoms with Crippen LogP contribution in [0.5, 0.6) is 0 Å². The molecule has 1 heterocycles. The summed E-state index contributed by atoms with van der Waals surface area (Å²) in [6.07, 6.45) is 0.259. The zero-order chi connectivity index (χ0) is 15.4. The van der Waals surface area contributed by atoms with Crippen molar-refractivity contribution in [3.8, 4) is 0 Å². The molecule has 0 aliphatic carbocycles. The lowest BCUT2D eigenvalue weighted by molar-refractivity contribution is -0.115. The molecule has 0 radical (unpaired) electrons. The smallest absolute Gasteiger partial charge is 0.350 e. The van der Waals surface area contributed by atoms with E-state index in [4.69, 9.17) is 4.74 Å². The maximum absolute atomic E-state index is 12.2. The van der Waals surface area contributed by atoms with Crippen molar-refractivity contribution in [3.63, 3.8) is 0 Å². The van der Waals surface area contributed by atoms with Crippen LogP contribution in [0.15, 0.2) is 34.1 Å². The summed E-state index contributed by atoms with van der Waals surface area (Å²) in [5.74, 6) is -0.634. The Morgan fingerprint density at radius 3 is 2.71 bits per heavy atom. The minimum absolute atomic E-state index is 0.173. The second-order valence-electron chi connectivity index (χ2n) is 4.43. The predicted octanol–water partition coefficient (Wildman–Crippen LogP) is 3.79. The molecule has 110 valence electrons. The van der Waals surface area contributed by atoms with Gasteiger partial charge in [0, 0.05) is 5.38 Å². The van der Waals surface area contributed by atoms with E-state index >= 15 is 0 Å².